The predicted molar refractivity (Wildman–Crippen MR) is 113 cm³/mol. The van der Waals surface area contributed by atoms with Crippen LogP contribution in [0.25, 0.3) is 11.1 Å². The lowest BCUT2D eigenvalue weighted by molar-refractivity contribution is 0.307. The van der Waals surface area contributed by atoms with Crippen LogP contribution in [0.1, 0.15) is 35.6 Å². The number of H-pyrrole nitrogens is 1. The SMILES string of the molecule is O=c1[nH]c2c(s1)[C@H](c1ccc(-c3ccccc3)cc1)C1C3CCC(C3)C1S2. The zero-order chi connectivity index (χ0) is 18.0. The van der Waals surface area contributed by atoms with Crippen LogP contribution in [0.4, 0.5) is 0 Å². The van der Waals surface area contributed by atoms with Crippen molar-refractivity contribution in [2.45, 2.75) is 35.5 Å². The lowest BCUT2D eigenvalue weighted by Gasteiger charge is -2.40. The summed E-state index contributed by atoms with van der Waals surface area (Å²) in [5.41, 5.74) is 3.90. The van der Waals surface area contributed by atoms with E-state index in [2.05, 4.69) is 59.6 Å². The minimum absolute atomic E-state index is 0.103. The van der Waals surface area contributed by atoms with Gasteiger partial charge < -0.3 is 4.98 Å². The van der Waals surface area contributed by atoms with Crippen molar-refractivity contribution in [1.82, 2.24) is 4.98 Å². The summed E-state index contributed by atoms with van der Waals surface area (Å²) in [4.78, 5) is 16.6. The molecule has 2 nitrogen and oxygen atoms in total. The summed E-state index contributed by atoms with van der Waals surface area (Å²) in [6.07, 6.45) is 4.14. The molecular formula is C23H21NOS2. The van der Waals surface area contributed by atoms with E-state index in [1.807, 2.05) is 11.8 Å². The molecule has 2 bridgehead atoms. The molecule has 136 valence electrons. The van der Waals surface area contributed by atoms with Gasteiger partial charge in [0.25, 0.3) is 0 Å². The molecule has 2 aliphatic carbocycles. The zero-order valence-electron chi connectivity index (χ0n) is 14.9. The number of aromatic amines is 1. The van der Waals surface area contributed by atoms with E-state index in [1.54, 1.807) is 0 Å². The molecule has 3 aliphatic rings. The Morgan fingerprint density at radius 1 is 0.889 bits per heavy atom. The van der Waals surface area contributed by atoms with Gasteiger partial charge >= 0.3 is 4.87 Å². The number of nitrogens with one attached hydrogen (secondary N) is 1. The third-order valence-corrected chi connectivity index (χ3v) is 9.47. The topological polar surface area (TPSA) is 32.9 Å². The number of rotatable bonds is 2. The van der Waals surface area contributed by atoms with Crippen molar-refractivity contribution in [3.63, 3.8) is 0 Å². The first kappa shape index (κ1) is 16.2. The maximum Gasteiger partial charge on any atom is 0.305 e. The van der Waals surface area contributed by atoms with Crippen molar-refractivity contribution >= 4 is 23.1 Å². The zero-order valence-corrected chi connectivity index (χ0v) is 16.6. The Balaban J connectivity index is 1.44. The van der Waals surface area contributed by atoms with Gasteiger partial charge in [0.1, 0.15) is 0 Å². The van der Waals surface area contributed by atoms with Crippen molar-refractivity contribution in [1.29, 1.82) is 0 Å². The van der Waals surface area contributed by atoms with E-state index in [0.29, 0.717) is 17.1 Å². The summed E-state index contributed by atoms with van der Waals surface area (Å²) in [5.74, 6) is 2.75. The smallest absolute Gasteiger partial charge is 0.305 e. The van der Waals surface area contributed by atoms with Gasteiger partial charge in [-0.15, -0.1) is 11.8 Å². The molecular weight excluding hydrogens is 370 g/mol. The second-order valence-corrected chi connectivity index (χ2v) is 10.4. The van der Waals surface area contributed by atoms with E-state index in [0.717, 1.165) is 16.9 Å². The van der Waals surface area contributed by atoms with Gasteiger partial charge in [0.05, 0.1) is 5.03 Å². The number of aromatic nitrogens is 1. The quantitative estimate of drug-likeness (QED) is 0.603. The lowest BCUT2D eigenvalue weighted by Crippen LogP contribution is -2.33. The highest BCUT2D eigenvalue weighted by Crippen LogP contribution is 2.63. The molecule has 0 spiro atoms. The van der Waals surface area contributed by atoms with Gasteiger partial charge in [-0.3, -0.25) is 4.79 Å². The molecule has 1 N–H and O–H groups in total. The van der Waals surface area contributed by atoms with E-state index < -0.39 is 0 Å². The molecule has 6 rings (SSSR count). The van der Waals surface area contributed by atoms with Crippen molar-refractivity contribution in [2.24, 2.45) is 17.8 Å². The van der Waals surface area contributed by atoms with Gasteiger partial charge in [-0.1, -0.05) is 65.9 Å². The van der Waals surface area contributed by atoms with Gasteiger partial charge in [-0.25, -0.2) is 0 Å². The molecule has 0 saturated heterocycles. The van der Waals surface area contributed by atoms with E-state index in [9.17, 15) is 4.79 Å². The number of thiazole rings is 1. The minimum Gasteiger partial charge on any atom is -0.307 e. The molecule has 2 heterocycles. The van der Waals surface area contributed by atoms with Crippen LogP contribution in [0.15, 0.2) is 64.4 Å². The molecule has 4 unspecified atom stereocenters. The molecule has 4 heteroatoms. The molecule has 27 heavy (non-hydrogen) atoms. The van der Waals surface area contributed by atoms with Crippen LogP contribution in [-0.4, -0.2) is 10.2 Å². The molecule has 2 fully saturated rings. The lowest BCUT2D eigenvalue weighted by atomic mass is 9.74. The summed E-state index contributed by atoms with van der Waals surface area (Å²) in [5, 5.41) is 1.83. The van der Waals surface area contributed by atoms with Gasteiger partial charge in [0, 0.05) is 16.0 Å². The highest BCUT2D eigenvalue weighted by atomic mass is 32.2. The Labute approximate surface area is 167 Å². The van der Waals surface area contributed by atoms with E-state index in [1.165, 1.54) is 52.2 Å². The second kappa shape index (κ2) is 6.11. The third-order valence-electron chi connectivity index (χ3n) is 6.84. The van der Waals surface area contributed by atoms with E-state index in [-0.39, 0.29) is 4.87 Å². The van der Waals surface area contributed by atoms with Gasteiger partial charge in [0.2, 0.25) is 0 Å². The van der Waals surface area contributed by atoms with Crippen LogP contribution >= 0.6 is 23.1 Å². The molecule has 2 saturated carbocycles. The van der Waals surface area contributed by atoms with E-state index in [4.69, 9.17) is 0 Å². The molecule has 5 atom stereocenters. The first-order valence-corrected chi connectivity index (χ1v) is 11.5. The maximum atomic E-state index is 12.1. The standard InChI is InChI=1S/C23H21NOS2/c25-23-24-22-21(27-23)18(19-16-10-11-17(12-16)20(19)26-22)15-8-6-14(7-9-15)13-4-2-1-3-5-13/h1-9,16-20H,10-12H2,(H,24,25)/t16?,17?,18-,19?,20?/m1/s1. The van der Waals surface area contributed by atoms with Crippen LogP contribution in [0.3, 0.4) is 0 Å². The average Bonchev–Trinajstić information content (AvgIpc) is 3.41. The number of fused-ring (bicyclic) bond motifs is 6. The Morgan fingerprint density at radius 2 is 1.63 bits per heavy atom. The molecule has 3 aromatic rings. The number of hydrogen-bond acceptors (Lipinski definition) is 3. The van der Waals surface area contributed by atoms with Gasteiger partial charge in [0.15, 0.2) is 0 Å². The van der Waals surface area contributed by atoms with Crippen molar-refractivity contribution in [3.05, 3.63) is 74.7 Å². The van der Waals surface area contributed by atoms with Gasteiger partial charge in [-0.2, -0.15) is 0 Å². The maximum absolute atomic E-state index is 12.1. The van der Waals surface area contributed by atoms with Crippen LogP contribution in [0, 0.1) is 17.8 Å². The van der Waals surface area contributed by atoms with Crippen molar-refractivity contribution in [2.75, 3.05) is 0 Å². The van der Waals surface area contributed by atoms with Crippen LogP contribution in [0.2, 0.25) is 0 Å². The predicted octanol–water partition coefficient (Wildman–Crippen LogP) is 5.76. The minimum atomic E-state index is 0.103. The van der Waals surface area contributed by atoms with Gasteiger partial charge in [-0.05, 0) is 53.7 Å². The molecule has 2 aromatic carbocycles. The monoisotopic (exact) mass is 391 g/mol. The fourth-order valence-corrected chi connectivity index (χ4v) is 8.63. The first-order valence-electron chi connectivity index (χ1n) is 9.83. The highest BCUT2D eigenvalue weighted by molar-refractivity contribution is 8.00. The van der Waals surface area contributed by atoms with Crippen LogP contribution in [-0.2, 0) is 0 Å². The molecule has 0 radical (unpaired) electrons. The summed E-state index contributed by atoms with van der Waals surface area (Å²) in [6.45, 7) is 0. The number of thioether (sulfide) groups is 1. The van der Waals surface area contributed by atoms with Crippen LogP contribution in [0.5, 0.6) is 0 Å². The summed E-state index contributed by atoms with van der Waals surface area (Å²) >= 11 is 3.40. The highest BCUT2D eigenvalue weighted by Gasteiger charge is 2.54. The third kappa shape index (κ3) is 2.50. The summed E-state index contributed by atoms with van der Waals surface area (Å²) < 4.78 is 0. The first-order chi connectivity index (χ1) is 13.3. The second-order valence-electron chi connectivity index (χ2n) is 8.17. The largest absolute Gasteiger partial charge is 0.307 e. The fourth-order valence-electron chi connectivity index (χ4n) is 5.74. The Hall–Kier alpha value is -1.78. The van der Waals surface area contributed by atoms with Crippen molar-refractivity contribution in [3.8, 4) is 11.1 Å². The molecule has 1 aliphatic heterocycles. The Morgan fingerprint density at radius 3 is 2.44 bits per heavy atom. The van der Waals surface area contributed by atoms with Crippen LogP contribution < -0.4 is 4.87 Å². The van der Waals surface area contributed by atoms with E-state index >= 15 is 0 Å². The Kier molecular flexibility index (Phi) is 3.67. The summed E-state index contributed by atoms with van der Waals surface area (Å²) in [6, 6.07) is 19.7. The number of hydrogen-bond donors (Lipinski definition) is 1. The normalized spacial score (nSPS) is 30.9. The summed E-state index contributed by atoms with van der Waals surface area (Å²) in [7, 11) is 0. The fraction of sp³-hybridized carbons (Fsp3) is 0.348. The Bertz CT molecular complexity index is 1040. The number of benzene rings is 2. The average molecular weight is 392 g/mol. The molecule has 1 aromatic heterocycles. The molecule has 0 amide bonds. The van der Waals surface area contributed by atoms with Crippen molar-refractivity contribution < 1.29 is 0 Å².